The van der Waals surface area contributed by atoms with Gasteiger partial charge in [0, 0.05) is 17.6 Å². The van der Waals surface area contributed by atoms with Crippen LogP contribution >= 0.6 is 11.3 Å². The lowest BCUT2D eigenvalue weighted by atomic mass is 10.2. The molecule has 0 spiro atoms. The number of hydrogen-bond donors (Lipinski definition) is 2. The lowest BCUT2D eigenvalue weighted by Gasteiger charge is -1.99. The molecule has 0 atom stereocenters. The fourth-order valence-electron chi connectivity index (χ4n) is 1.50. The molecule has 0 aliphatic heterocycles. The number of nitrogens with one attached hydrogen (secondary N) is 1. The number of nitrogen functional groups attached to an aromatic ring is 1. The molecular weight excluding hydrogens is 234 g/mol. The van der Waals surface area contributed by atoms with Crippen LogP contribution in [0.5, 0.6) is 0 Å². The summed E-state index contributed by atoms with van der Waals surface area (Å²) < 4.78 is 0. The van der Waals surface area contributed by atoms with Gasteiger partial charge in [-0.05, 0) is 19.1 Å². The first-order valence-corrected chi connectivity index (χ1v) is 6.00. The highest BCUT2D eigenvalue weighted by molar-refractivity contribution is 7.21. The highest BCUT2D eigenvalue weighted by atomic mass is 32.1. The molecule has 0 saturated heterocycles. The number of aryl methyl sites for hydroxylation is 1. The van der Waals surface area contributed by atoms with E-state index in [9.17, 15) is 4.79 Å². The smallest absolute Gasteiger partial charge is 0.263 e. The minimum atomic E-state index is -0.178. The lowest BCUT2D eigenvalue weighted by molar-refractivity contribution is 0.0963. The first-order chi connectivity index (χ1) is 8.13. The molecule has 0 aliphatic rings. The zero-order chi connectivity index (χ0) is 12.4. The number of thiophene rings is 1. The SMILES string of the molecule is C=CCNC(=O)c1sc2nc(C)ccc2c1N. The van der Waals surface area contributed by atoms with Crippen LogP contribution in [0.15, 0.2) is 24.8 Å². The Labute approximate surface area is 103 Å². The molecule has 0 fully saturated rings. The number of pyridine rings is 1. The molecule has 88 valence electrons. The summed E-state index contributed by atoms with van der Waals surface area (Å²) in [4.78, 5) is 17.5. The van der Waals surface area contributed by atoms with E-state index in [0.717, 1.165) is 15.9 Å². The predicted molar refractivity (Wildman–Crippen MR) is 71.3 cm³/mol. The molecule has 0 aromatic carbocycles. The van der Waals surface area contributed by atoms with Crippen molar-refractivity contribution in [1.82, 2.24) is 10.3 Å². The summed E-state index contributed by atoms with van der Waals surface area (Å²) in [5.41, 5.74) is 7.36. The van der Waals surface area contributed by atoms with Crippen molar-refractivity contribution in [2.45, 2.75) is 6.92 Å². The lowest BCUT2D eigenvalue weighted by Crippen LogP contribution is -2.22. The van der Waals surface area contributed by atoms with Gasteiger partial charge in [-0.2, -0.15) is 0 Å². The van der Waals surface area contributed by atoms with Gasteiger partial charge in [0.05, 0.1) is 5.69 Å². The van der Waals surface area contributed by atoms with Crippen LogP contribution in [-0.2, 0) is 0 Å². The summed E-state index contributed by atoms with van der Waals surface area (Å²) in [6.45, 7) is 5.89. The van der Waals surface area contributed by atoms with Gasteiger partial charge in [0.15, 0.2) is 0 Å². The zero-order valence-electron chi connectivity index (χ0n) is 9.49. The van der Waals surface area contributed by atoms with Gasteiger partial charge in [0.2, 0.25) is 0 Å². The van der Waals surface area contributed by atoms with Gasteiger partial charge in [-0.3, -0.25) is 4.79 Å². The minimum absolute atomic E-state index is 0.178. The number of nitrogens with zero attached hydrogens (tertiary/aromatic N) is 1. The fraction of sp³-hybridized carbons (Fsp3) is 0.167. The van der Waals surface area contributed by atoms with Crippen LogP contribution in [-0.4, -0.2) is 17.4 Å². The second kappa shape index (κ2) is 4.55. The van der Waals surface area contributed by atoms with E-state index in [1.165, 1.54) is 11.3 Å². The van der Waals surface area contributed by atoms with Crippen LogP contribution in [0.4, 0.5) is 5.69 Å². The maximum absolute atomic E-state index is 11.8. The molecule has 0 saturated carbocycles. The van der Waals surface area contributed by atoms with Crippen molar-refractivity contribution >= 4 is 33.1 Å². The Morgan fingerprint density at radius 3 is 3.12 bits per heavy atom. The number of fused-ring (bicyclic) bond motifs is 1. The number of anilines is 1. The molecule has 3 N–H and O–H groups in total. The van der Waals surface area contributed by atoms with Crippen LogP contribution in [0.1, 0.15) is 15.4 Å². The summed E-state index contributed by atoms with van der Waals surface area (Å²) >= 11 is 1.31. The molecule has 2 rings (SSSR count). The average molecular weight is 247 g/mol. The van der Waals surface area contributed by atoms with Crippen molar-refractivity contribution in [3.05, 3.63) is 35.4 Å². The Bertz CT molecular complexity index is 589. The molecule has 5 heteroatoms. The predicted octanol–water partition coefficient (Wildman–Crippen LogP) is 2.10. The van der Waals surface area contributed by atoms with E-state index in [-0.39, 0.29) is 5.91 Å². The second-order valence-electron chi connectivity index (χ2n) is 3.65. The van der Waals surface area contributed by atoms with Crippen molar-refractivity contribution < 1.29 is 4.79 Å². The fourth-order valence-corrected chi connectivity index (χ4v) is 2.56. The number of carbonyl (C=O) groups is 1. The maximum Gasteiger partial charge on any atom is 0.263 e. The Kier molecular flexibility index (Phi) is 3.10. The number of rotatable bonds is 3. The second-order valence-corrected chi connectivity index (χ2v) is 4.65. The summed E-state index contributed by atoms with van der Waals surface area (Å²) in [6, 6.07) is 3.78. The molecule has 0 bridgehead atoms. The van der Waals surface area contributed by atoms with Crippen LogP contribution < -0.4 is 11.1 Å². The molecule has 1 amide bonds. The monoisotopic (exact) mass is 247 g/mol. The third-order valence-electron chi connectivity index (χ3n) is 2.35. The normalized spacial score (nSPS) is 10.4. The molecule has 17 heavy (non-hydrogen) atoms. The Balaban J connectivity index is 2.44. The average Bonchev–Trinajstić information content (AvgIpc) is 2.63. The molecule has 0 aliphatic carbocycles. The van der Waals surface area contributed by atoms with E-state index < -0.39 is 0 Å². The molecule has 4 nitrogen and oxygen atoms in total. The van der Waals surface area contributed by atoms with Crippen LogP contribution in [0.3, 0.4) is 0 Å². The van der Waals surface area contributed by atoms with Gasteiger partial charge < -0.3 is 11.1 Å². The first kappa shape index (κ1) is 11.6. The molecule has 2 heterocycles. The molecule has 0 unspecified atom stereocenters. The summed E-state index contributed by atoms with van der Waals surface area (Å²) in [5, 5.41) is 3.55. The largest absolute Gasteiger partial charge is 0.397 e. The number of amides is 1. The van der Waals surface area contributed by atoms with Crippen LogP contribution in [0, 0.1) is 6.92 Å². The Morgan fingerprint density at radius 1 is 1.65 bits per heavy atom. The molecule has 0 radical (unpaired) electrons. The van der Waals surface area contributed by atoms with Crippen molar-refractivity contribution in [2.75, 3.05) is 12.3 Å². The van der Waals surface area contributed by atoms with E-state index in [1.807, 2.05) is 19.1 Å². The van der Waals surface area contributed by atoms with Gasteiger partial charge in [-0.15, -0.1) is 17.9 Å². The number of hydrogen-bond acceptors (Lipinski definition) is 4. The molecule has 2 aromatic rings. The van der Waals surface area contributed by atoms with Gasteiger partial charge in [0.25, 0.3) is 5.91 Å². The third-order valence-corrected chi connectivity index (χ3v) is 3.46. The van der Waals surface area contributed by atoms with E-state index in [0.29, 0.717) is 17.1 Å². The van der Waals surface area contributed by atoms with Crippen LogP contribution in [0.25, 0.3) is 10.2 Å². The summed E-state index contributed by atoms with van der Waals surface area (Å²) in [6.07, 6.45) is 1.63. The quantitative estimate of drug-likeness (QED) is 0.816. The first-order valence-electron chi connectivity index (χ1n) is 5.18. The standard InChI is InChI=1S/C12H13N3OS/c1-3-6-14-11(16)10-9(13)8-5-4-7(2)15-12(8)17-10/h3-5H,1,6,13H2,2H3,(H,14,16). The van der Waals surface area contributed by atoms with Gasteiger partial charge in [-0.25, -0.2) is 4.98 Å². The van der Waals surface area contributed by atoms with Crippen molar-refractivity contribution in [2.24, 2.45) is 0 Å². The van der Waals surface area contributed by atoms with E-state index in [1.54, 1.807) is 6.08 Å². The number of aromatic nitrogens is 1. The van der Waals surface area contributed by atoms with E-state index in [2.05, 4.69) is 16.9 Å². The van der Waals surface area contributed by atoms with E-state index in [4.69, 9.17) is 5.73 Å². The molecule has 2 aromatic heterocycles. The third kappa shape index (κ3) is 2.14. The Morgan fingerprint density at radius 2 is 2.41 bits per heavy atom. The van der Waals surface area contributed by atoms with Gasteiger partial charge >= 0.3 is 0 Å². The zero-order valence-corrected chi connectivity index (χ0v) is 10.3. The highest BCUT2D eigenvalue weighted by Crippen LogP contribution is 2.32. The van der Waals surface area contributed by atoms with Crippen molar-refractivity contribution in [3.8, 4) is 0 Å². The van der Waals surface area contributed by atoms with Crippen LogP contribution in [0.2, 0.25) is 0 Å². The Hall–Kier alpha value is -1.88. The van der Waals surface area contributed by atoms with E-state index >= 15 is 0 Å². The number of carbonyl (C=O) groups excluding carboxylic acids is 1. The number of nitrogens with two attached hydrogens (primary N) is 1. The van der Waals surface area contributed by atoms with Crippen molar-refractivity contribution in [3.63, 3.8) is 0 Å². The molecular formula is C12H13N3OS. The maximum atomic E-state index is 11.8. The highest BCUT2D eigenvalue weighted by Gasteiger charge is 2.16. The summed E-state index contributed by atoms with van der Waals surface area (Å²) in [5.74, 6) is -0.178. The summed E-state index contributed by atoms with van der Waals surface area (Å²) in [7, 11) is 0. The van der Waals surface area contributed by atoms with Gasteiger partial charge in [-0.1, -0.05) is 6.08 Å². The van der Waals surface area contributed by atoms with Gasteiger partial charge in [0.1, 0.15) is 9.71 Å². The topological polar surface area (TPSA) is 68.0 Å². The minimum Gasteiger partial charge on any atom is -0.397 e. The van der Waals surface area contributed by atoms with Crippen molar-refractivity contribution in [1.29, 1.82) is 0 Å².